The summed E-state index contributed by atoms with van der Waals surface area (Å²) in [5.41, 5.74) is -0.657. The van der Waals surface area contributed by atoms with Crippen LogP contribution in [0, 0.1) is 10.1 Å². The Morgan fingerprint density at radius 3 is 2.32 bits per heavy atom. The van der Waals surface area contributed by atoms with E-state index in [-0.39, 0.29) is 29.4 Å². The van der Waals surface area contributed by atoms with Crippen LogP contribution in [0.5, 0.6) is 17.2 Å². The maximum absolute atomic E-state index is 11.4. The summed E-state index contributed by atoms with van der Waals surface area (Å²) in [6.07, 6.45) is 2.85. The van der Waals surface area contributed by atoms with Crippen LogP contribution in [-0.2, 0) is 19.6 Å². The monoisotopic (exact) mass is 375 g/mol. The number of ether oxygens (including phenoxy) is 3. The SMILES string of the molecule is CCOC(=O)/C=C/c1cc(OS(C)(=O)=O)c(OC)c(OC)c1[N+](=O)[O-]. The molecule has 0 atom stereocenters. The van der Waals surface area contributed by atoms with Crippen LogP contribution in [0.2, 0.25) is 0 Å². The van der Waals surface area contributed by atoms with Crippen LogP contribution < -0.4 is 13.7 Å². The van der Waals surface area contributed by atoms with E-state index < -0.39 is 26.7 Å². The number of carbonyl (C=O) groups is 1. The molecule has 0 aliphatic heterocycles. The summed E-state index contributed by atoms with van der Waals surface area (Å²) < 4.78 is 42.3. The molecule has 0 heterocycles. The van der Waals surface area contributed by atoms with E-state index in [1.807, 2.05) is 0 Å². The van der Waals surface area contributed by atoms with Crippen molar-refractivity contribution in [2.75, 3.05) is 27.1 Å². The fraction of sp³-hybridized carbons (Fsp3) is 0.357. The van der Waals surface area contributed by atoms with Crippen LogP contribution >= 0.6 is 0 Å². The molecule has 0 saturated carbocycles. The summed E-state index contributed by atoms with van der Waals surface area (Å²) in [7, 11) is -1.63. The molecule has 0 aromatic heterocycles. The van der Waals surface area contributed by atoms with Crippen molar-refractivity contribution in [3.8, 4) is 17.2 Å². The van der Waals surface area contributed by atoms with Gasteiger partial charge in [-0.2, -0.15) is 8.42 Å². The van der Waals surface area contributed by atoms with Crippen LogP contribution in [0.1, 0.15) is 12.5 Å². The number of methoxy groups -OCH3 is 2. The Balaban J connectivity index is 3.64. The zero-order valence-electron chi connectivity index (χ0n) is 14.0. The highest BCUT2D eigenvalue weighted by atomic mass is 32.2. The minimum absolute atomic E-state index is 0.125. The summed E-state index contributed by atoms with van der Waals surface area (Å²) in [4.78, 5) is 22.1. The number of carbonyl (C=O) groups excluding carboxylic acids is 1. The number of hydrogen-bond donors (Lipinski definition) is 0. The summed E-state index contributed by atoms with van der Waals surface area (Å²) in [6.45, 7) is 1.72. The molecule has 1 rings (SSSR count). The van der Waals surface area contributed by atoms with Gasteiger partial charge < -0.3 is 18.4 Å². The molecule has 0 unspecified atom stereocenters. The van der Waals surface area contributed by atoms with Gasteiger partial charge in [0.15, 0.2) is 5.75 Å². The van der Waals surface area contributed by atoms with Crippen molar-refractivity contribution in [2.45, 2.75) is 6.92 Å². The highest BCUT2D eigenvalue weighted by Gasteiger charge is 2.29. The molecule has 0 spiro atoms. The number of nitro groups is 1. The largest absolute Gasteiger partial charge is 0.490 e. The third kappa shape index (κ3) is 5.35. The third-order valence-corrected chi connectivity index (χ3v) is 3.20. The summed E-state index contributed by atoms with van der Waals surface area (Å²) in [6, 6.07) is 1.05. The lowest BCUT2D eigenvalue weighted by Crippen LogP contribution is -2.09. The standard InChI is InChI=1S/C14H17NO9S/c1-5-23-11(16)7-6-9-8-10(24-25(4,19)20)13(21-2)14(22-3)12(9)15(17)18/h6-8H,5H2,1-4H3/b7-6+. The molecular formula is C14H17NO9S. The first-order valence-electron chi connectivity index (χ1n) is 6.82. The molecular weight excluding hydrogens is 358 g/mol. The van der Waals surface area contributed by atoms with E-state index in [1.165, 1.54) is 7.11 Å². The minimum Gasteiger partial charge on any atom is -0.490 e. The van der Waals surface area contributed by atoms with Crippen LogP contribution in [0.15, 0.2) is 12.1 Å². The van der Waals surface area contributed by atoms with Crippen molar-refractivity contribution >= 4 is 27.9 Å². The summed E-state index contributed by atoms with van der Waals surface area (Å²) >= 11 is 0. The van der Waals surface area contributed by atoms with E-state index in [2.05, 4.69) is 0 Å². The molecule has 0 radical (unpaired) electrons. The number of nitro benzene ring substituents is 1. The molecule has 25 heavy (non-hydrogen) atoms. The Hall–Kier alpha value is -2.82. The van der Waals surface area contributed by atoms with Crippen molar-refractivity contribution in [1.82, 2.24) is 0 Å². The van der Waals surface area contributed by atoms with Gasteiger partial charge in [-0.15, -0.1) is 0 Å². The first-order chi connectivity index (χ1) is 11.6. The fourth-order valence-electron chi connectivity index (χ4n) is 1.90. The van der Waals surface area contributed by atoms with Gasteiger partial charge in [0.25, 0.3) is 0 Å². The molecule has 11 heteroatoms. The lowest BCUT2D eigenvalue weighted by atomic mass is 10.1. The van der Waals surface area contributed by atoms with Gasteiger partial charge in [-0.1, -0.05) is 0 Å². The second-order valence-corrected chi connectivity index (χ2v) is 6.08. The smallest absolute Gasteiger partial charge is 0.330 e. The second-order valence-electron chi connectivity index (χ2n) is 4.51. The number of nitrogens with zero attached hydrogens (tertiary/aromatic N) is 1. The average Bonchev–Trinajstić information content (AvgIpc) is 2.50. The van der Waals surface area contributed by atoms with Crippen molar-refractivity contribution in [1.29, 1.82) is 0 Å². The Labute approximate surface area is 144 Å². The van der Waals surface area contributed by atoms with Gasteiger partial charge in [0.1, 0.15) is 0 Å². The zero-order valence-corrected chi connectivity index (χ0v) is 14.8. The first-order valence-corrected chi connectivity index (χ1v) is 8.63. The molecule has 0 fully saturated rings. The summed E-state index contributed by atoms with van der Waals surface area (Å²) in [5, 5.41) is 11.4. The van der Waals surface area contributed by atoms with E-state index in [0.29, 0.717) is 0 Å². The molecule has 0 saturated heterocycles. The minimum atomic E-state index is -3.95. The predicted octanol–water partition coefficient (Wildman–Crippen LogP) is 1.53. The van der Waals surface area contributed by atoms with Gasteiger partial charge in [0.2, 0.25) is 11.5 Å². The molecule has 0 amide bonds. The van der Waals surface area contributed by atoms with Gasteiger partial charge >= 0.3 is 21.8 Å². The van der Waals surface area contributed by atoms with Gasteiger partial charge in [0, 0.05) is 12.1 Å². The van der Waals surface area contributed by atoms with Gasteiger partial charge in [-0.3, -0.25) is 10.1 Å². The normalized spacial score (nSPS) is 11.2. The quantitative estimate of drug-likeness (QED) is 0.218. The van der Waals surface area contributed by atoms with Crippen LogP contribution in [0.3, 0.4) is 0 Å². The number of benzene rings is 1. The van der Waals surface area contributed by atoms with E-state index in [0.717, 1.165) is 31.6 Å². The molecule has 0 aliphatic carbocycles. The molecule has 138 valence electrons. The Morgan fingerprint density at radius 1 is 1.28 bits per heavy atom. The Bertz CT molecular complexity index is 799. The summed E-state index contributed by atoms with van der Waals surface area (Å²) in [5.74, 6) is -1.67. The molecule has 1 aromatic carbocycles. The van der Waals surface area contributed by atoms with Crippen molar-refractivity contribution < 1.29 is 36.5 Å². The van der Waals surface area contributed by atoms with Crippen molar-refractivity contribution in [3.63, 3.8) is 0 Å². The molecule has 0 N–H and O–H groups in total. The number of esters is 1. The highest BCUT2D eigenvalue weighted by Crippen LogP contribution is 2.47. The lowest BCUT2D eigenvalue weighted by Gasteiger charge is -2.14. The maximum Gasteiger partial charge on any atom is 0.330 e. The third-order valence-electron chi connectivity index (χ3n) is 2.72. The molecule has 0 bridgehead atoms. The lowest BCUT2D eigenvalue weighted by molar-refractivity contribution is -0.386. The fourth-order valence-corrected chi connectivity index (χ4v) is 2.35. The highest BCUT2D eigenvalue weighted by molar-refractivity contribution is 7.86. The van der Waals surface area contributed by atoms with Gasteiger partial charge in [0.05, 0.1) is 37.6 Å². The molecule has 10 nitrogen and oxygen atoms in total. The topological polar surface area (TPSA) is 131 Å². The van der Waals surface area contributed by atoms with E-state index >= 15 is 0 Å². The van der Waals surface area contributed by atoms with Crippen LogP contribution in [0.25, 0.3) is 6.08 Å². The van der Waals surface area contributed by atoms with Crippen LogP contribution in [-0.4, -0.2) is 46.4 Å². The van der Waals surface area contributed by atoms with Crippen LogP contribution in [0.4, 0.5) is 5.69 Å². The Morgan fingerprint density at radius 2 is 1.88 bits per heavy atom. The van der Waals surface area contributed by atoms with E-state index in [4.69, 9.17) is 18.4 Å². The molecule has 1 aromatic rings. The second kappa shape index (κ2) is 8.33. The van der Waals surface area contributed by atoms with Crippen molar-refractivity contribution in [2.24, 2.45) is 0 Å². The van der Waals surface area contributed by atoms with Crippen molar-refractivity contribution in [3.05, 3.63) is 27.8 Å². The molecule has 0 aliphatic rings. The van der Waals surface area contributed by atoms with E-state index in [9.17, 15) is 23.3 Å². The van der Waals surface area contributed by atoms with Gasteiger partial charge in [-0.25, -0.2) is 4.79 Å². The Kier molecular flexibility index (Phi) is 6.74. The average molecular weight is 375 g/mol. The number of hydrogen-bond acceptors (Lipinski definition) is 9. The maximum atomic E-state index is 11.4. The number of rotatable bonds is 8. The predicted molar refractivity (Wildman–Crippen MR) is 87.3 cm³/mol. The zero-order chi connectivity index (χ0) is 19.2. The van der Waals surface area contributed by atoms with Gasteiger partial charge in [-0.05, 0) is 13.0 Å². The van der Waals surface area contributed by atoms with E-state index in [1.54, 1.807) is 6.92 Å². The first kappa shape index (κ1) is 20.2.